The van der Waals surface area contributed by atoms with Crippen LogP contribution in [0.5, 0.6) is 0 Å². The fraction of sp³-hybridized carbons (Fsp3) is 0.111. The quantitative estimate of drug-likeness (QED) is 0.728. The Labute approximate surface area is 115 Å². The van der Waals surface area contributed by atoms with Gasteiger partial charge in [0.1, 0.15) is 0 Å². The van der Waals surface area contributed by atoms with Crippen molar-refractivity contribution in [2.75, 3.05) is 5.32 Å². The van der Waals surface area contributed by atoms with E-state index in [2.05, 4.69) is 48.3 Å². The zero-order valence-corrected chi connectivity index (χ0v) is 11.0. The Bertz CT molecular complexity index is 514. The van der Waals surface area contributed by atoms with E-state index in [1.54, 1.807) is 0 Å². The minimum absolute atomic E-state index is 0.264. The van der Waals surface area contributed by atoms with Crippen molar-refractivity contribution in [2.24, 2.45) is 0 Å². The van der Waals surface area contributed by atoms with Gasteiger partial charge in [-0.1, -0.05) is 66.8 Å². The van der Waals surface area contributed by atoms with Gasteiger partial charge in [0, 0.05) is 11.7 Å². The number of anilines is 1. The van der Waals surface area contributed by atoms with Gasteiger partial charge >= 0.3 is 0 Å². The van der Waals surface area contributed by atoms with Crippen molar-refractivity contribution in [3.8, 4) is 0 Å². The zero-order valence-electron chi connectivity index (χ0n) is 11.0. The number of nitrogens with one attached hydrogen (secondary N) is 1. The lowest BCUT2D eigenvalue weighted by Gasteiger charge is -2.14. The standard InChI is InChI=1S/C18H19N/c1-2-9-17(19-18-12-7-4-8-13-18)15-14-16-10-5-3-6-11-16/h2-8,10-15,17,19H,1,9H2/b15-14+. The van der Waals surface area contributed by atoms with E-state index in [1.807, 2.05) is 42.5 Å². The van der Waals surface area contributed by atoms with Crippen LogP contribution < -0.4 is 5.32 Å². The molecule has 0 bridgehead atoms. The van der Waals surface area contributed by atoms with Gasteiger partial charge in [-0.3, -0.25) is 0 Å². The highest BCUT2D eigenvalue weighted by Crippen LogP contribution is 2.11. The summed E-state index contributed by atoms with van der Waals surface area (Å²) in [5.74, 6) is 0. The molecule has 0 fully saturated rings. The van der Waals surface area contributed by atoms with Gasteiger partial charge in [0.15, 0.2) is 0 Å². The van der Waals surface area contributed by atoms with E-state index in [1.165, 1.54) is 5.56 Å². The van der Waals surface area contributed by atoms with Crippen LogP contribution in [0.25, 0.3) is 6.08 Å². The third-order valence-corrected chi connectivity index (χ3v) is 2.87. The Morgan fingerprint density at radius 2 is 1.58 bits per heavy atom. The normalized spacial score (nSPS) is 12.2. The summed E-state index contributed by atoms with van der Waals surface area (Å²) in [5, 5.41) is 3.49. The van der Waals surface area contributed by atoms with Crippen molar-refractivity contribution in [2.45, 2.75) is 12.5 Å². The predicted molar refractivity (Wildman–Crippen MR) is 84.1 cm³/mol. The van der Waals surface area contributed by atoms with Crippen molar-refractivity contribution in [3.63, 3.8) is 0 Å². The highest BCUT2D eigenvalue weighted by atomic mass is 14.9. The van der Waals surface area contributed by atoms with Crippen LogP contribution in [0, 0.1) is 0 Å². The molecular weight excluding hydrogens is 230 g/mol. The Balaban J connectivity index is 2.04. The van der Waals surface area contributed by atoms with Crippen LogP contribution in [-0.2, 0) is 0 Å². The summed E-state index contributed by atoms with van der Waals surface area (Å²) in [4.78, 5) is 0. The van der Waals surface area contributed by atoms with Gasteiger partial charge in [-0.05, 0) is 24.1 Å². The van der Waals surface area contributed by atoms with Crippen LogP contribution in [0.2, 0.25) is 0 Å². The van der Waals surface area contributed by atoms with E-state index in [0.29, 0.717) is 0 Å². The van der Waals surface area contributed by atoms with Gasteiger partial charge in [-0.15, -0.1) is 6.58 Å². The number of hydrogen-bond acceptors (Lipinski definition) is 1. The second-order valence-corrected chi connectivity index (χ2v) is 4.41. The van der Waals surface area contributed by atoms with Gasteiger partial charge in [-0.2, -0.15) is 0 Å². The van der Waals surface area contributed by atoms with E-state index in [0.717, 1.165) is 12.1 Å². The maximum atomic E-state index is 3.82. The first-order valence-corrected chi connectivity index (χ1v) is 6.54. The van der Waals surface area contributed by atoms with E-state index in [4.69, 9.17) is 0 Å². The molecular formula is C18H19N. The monoisotopic (exact) mass is 249 g/mol. The van der Waals surface area contributed by atoms with Gasteiger partial charge in [-0.25, -0.2) is 0 Å². The van der Waals surface area contributed by atoms with Gasteiger partial charge in [0.05, 0.1) is 0 Å². The molecule has 0 aliphatic carbocycles. The Hall–Kier alpha value is -2.28. The summed E-state index contributed by atoms with van der Waals surface area (Å²) >= 11 is 0. The fourth-order valence-corrected chi connectivity index (χ4v) is 1.91. The zero-order chi connectivity index (χ0) is 13.3. The van der Waals surface area contributed by atoms with Crippen LogP contribution in [-0.4, -0.2) is 6.04 Å². The minimum Gasteiger partial charge on any atom is -0.379 e. The second-order valence-electron chi connectivity index (χ2n) is 4.41. The van der Waals surface area contributed by atoms with E-state index < -0.39 is 0 Å². The lowest BCUT2D eigenvalue weighted by Crippen LogP contribution is -2.15. The third-order valence-electron chi connectivity index (χ3n) is 2.87. The summed E-state index contributed by atoms with van der Waals surface area (Å²) in [5.41, 5.74) is 2.35. The number of para-hydroxylation sites is 1. The van der Waals surface area contributed by atoms with E-state index in [9.17, 15) is 0 Å². The Morgan fingerprint density at radius 3 is 2.21 bits per heavy atom. The first-order chi connectivity index (χ1) is 9.38. The molecule has 0 amide bonds. The molecule has 1 N–H and O–H groups in total. The largest absolute Gasteiger partial charge is 0.379 e. The molecule has 0 heterocycles. The molecule has 1 atom stereocenters. The number of rotatable bonds is 6. The molecule has 0 aliphatic rings. The topological polar surface area (TPSA) is 12.0 Å². The van der Waals surface area contributed by atoms with Crippen molar-refractivity contribution in [1.82, 2.24) is 0 Å². The average molecular weight is 249 g/mol. The molecule has 0 aromatic heterocycles. The van der Waals surface area contributed by atoms with Crippen molar-refractivity contribution in [1.29, 1.82) is 0 Å². The lowest BCUT2D eigenvalue weighted by molar-refractivity contribution is 0.899. The van der Waals surface area contributed by atoms with Gasteiger partial charge in [0.25, 0.3) is 0 Å². The highest BCUT2D eigenvalue weighted by Gasteiger charge is 2.01. The molecule has 96 valence electrons. The first-order valence-electron chi connectivity index (χ1n) is 6.54. The maximum absolute atomic E-state index is 3.82. The van der Waals surface area contributed by atoms with E-state index in [-0.39, 0.29) is 6.04 Å². The highest BCUT2D eigenvalue weighted by molar-refractivity contribution is 5.52. The van der Waals surface area contributed by atoms with Crippen LogP contribution in [0.3, 0.4) is 0 Å². The molecule has 0 aliphatic heterocycles. The summed E-state index contributed by atoms with van der Waals surface area (Å²) in [6.45, 7) is 3.82. The smallest absolute Gasteiger partial charge is 0.0482 e. The Morgan fingerprint density at radius 1 is 0.947 bits per heavy atom. The maximum Gasteiger partial charge on any atom is 0.0482 e. The summed E-state index contributed by atoms with van der Waals surface area (Å²) in [6, 6.07) is 20.8. The summed E-state index contributed by atoms with van der Waals surface area (Å²) in [6.07, 6.45) is 7.17. The molecule has 0 saturated carbocycles. The predicted octanol–water partition coefficient (Wildman–Crippen LogP) is 4.76. The van der Waals surface area contributed by atoms with Crippen LogP contribution in [0.4, 0.5) is 5.69 Å². The SMILES string of the molecule is C=CCC(/C=C/c1ccccc1)Nc1ccccc1. The van der Waals surface area contributed by atoms with Crippen LogP contribution in [0.1, 0.15) is 12.0 Å². The summed E-state index contributed by atoms with van der Waals surface area (Å²) in [7, 11) is 0. The molecule has 0 radical (unpaired) electrons. The molecule has 0 spiro atoms. The molecule has 19 heavy (non-hydrogen) atoms. The second kappa shape index (κ2) is 7.22. The Kier molecular flexibility index (Phi) is 5.00. The molecule has 1 unspecified atom stereocenters. The molecule has 0 saturated heterocycles. The van der Waals surface area contributed by atoms with Crippen molar-refractivity contribution >= 4 is 11.8 Å². The lowest BCUT2D eigenvalue weighted by atomic mass is 10.1. The number of hydrogen-bond donors (Lipinski definition) is 1. The van der Waals surface area contributed by atoms with Gasteiger partial charge in [0.2, 0.25) is 0 Å². The van der Waals surface area contributed by atoms with Crippen LogP contribution >= 0.6 is 0 Å². The molecule has 2 aromatic carbocycles. The van der Waals surface area contributed by atoms with Crippen LogP contribution in [0.15, 0.2) is 79.4 Å². The van der Waals surface area contributed by atoms with E-state index >= 15 is 0 Å². The van der Waals surface area contributed by atoms with Crippen molar-refractivity contribution in [3.05, 3.63) is 85.0 Å². The van der Waals surface area contributed by atoms with Crippen molar-refractivity contribution < 1.29 is 0 Å². The van der Waals surface area contributed by atoms with Gasteiger partial charge < -0.3 is 5.32 Å². The average Bonchev–Trinajstić information content (AvgIpc) is 2.47. The number of benzene rings is 2. The third kappa shape index (κ3) is 4.47. The summed E-state index contributed by atoms with van der Waals surface area (Å²) < 4.78 is 0. The fourth-order valence-electron chi connectivity index (χ4n) is 1.91. The minimum atomic E-state index is 0.264. The molecule has 1 nitrogen and oxygen atoms in total. The first kappa shape index (κ1) is 13.2. The molecule has 1 heteroatoms. The molecule has 2 rings (SSSR count). The molecule has 2 aromatic rings.